The van der Waals surface area contributed by atoms with E-state index in [2.05, 4.69) is 41.5 Å². The van der Waals surface area contributed by atoms with Crippen molar-refractivity contribution in [1.82, 2.24) is 10.3 Å². The molecule has 2 rings (SSSR count). The molecular formula is C18H24N2O. The number of pyridine rings is 1. The van der Waals surface area contributed by atoms with Crippen molar-refractivity contribution >= 4 is 0 Å². The summed E-state index contributed by atoms with van der Waals surface area (Å²) < 4.78 is 5.51. The molecule has 112 valence electrons. The summed E-state index contributed by atoms with van der Waals surface area (Å²) in [4.78, 5) is 4.08. The Kier molecular flexibility index (Phi) is 6.22. The van der Waals surface area contributed by atoms with Crippen LogP contribution in [0.5, 0.6) is 5.75 Å². The van der Waals surface area contributed by atoms with E-state index in [1.54, 1.807) is 0 Å². The average Bonchev–Trinajstić information content (AvgIpc) is 2.53. The van der Waals surface area contributed by atoms with E-state index >= 15 is 0 Å². The number of hydrogen-bond donors (Lipinski definition) is 1. The lowest BCUT2D eigenvalue weighted by Crippen LogP contribution is -2.24. The van der Waals surface area contributed by atoms with E-state index in [1.807, 2.05) is 31.5 Å². The summed E-state index contributed by atoms with van der Waals surface area (Å²) in [6.07, 6.45) is 5.80. The Labute approximate surface area is 127 Å². The van der Waals surface area contributed by atoms with Gasteiger partial charge in [0, 0.05) is 18.4 Å². The molecule has 0 spiro atoms. The van der Waals surface area contributed by atoms with Crippen LogP contribution in [0.15, 0.2) is 48.8 Å². The number of ether oxygens (including phenoxy) is 1. The summed E-state index contributed by atoms with van der Waals surface area (Å²) in [7, 11) is 0. The van der Waals surface area contributed by atoms with Crippen molar-refractivity contribution in [2.24, 2.45) is 0 Å². The zero-order chi connectivity index (χ0) is 14.9. The minimum Gasteiger partial charge on any atom is -0.494 e. The van der Waals surface area contributed by atoms with Crippen molar-refractivity contribution in [2.75, 3.05) is 13.2 Å². The van der Waals surface area contributed by atoms with Gasteiger partial charge in [0.15, 0.2) is 0 Å². The molecule has 1 heterocycles. The molecular weight excluding hydrogens is 260 g/mol. The highest BCUT2D eigenvalue weighted by Gasteiger charge is 2.11. The lowest BCUT2D eigenvalue weighted by atomic mass is 9.99. The van der Waals surface area contributed by atoms with Crippen molar-refractivity contribution in [1.29, 1.82) is 0 Å². The Balaban J connectivity index is 2.11. The minimum atomic E-state index is 0.322. The lowest BCUT2D eigenvalue weighted by Gasteiger charge is -2.19. The highest BCUT2D eigenvalue weighted by molar-refractivity contribution is 5.30. The molecule has 0 saturated heterocycles. The molecule has 0 aliphatic rings. The maximum absolute atomic E-state index is 5.51. The van der Waals surface area contributed by atoms with Gasteiger partial charge in [-0.1, -0.05) is 19.1 Å². The van der Waals surface area contributed by atoms with Crippen molar-refractivity contribution in [3.8, 4) is 5.75 Å². The highest BCUT2D eigenvalue weighted by Crippen LogP contribution is 2.21. The molecule has 0 aliphatic carbocycles. The van der Waals surface area contributed by atoms with Gasteiger partial charge in [-0.25, -0.2) is 0 Å². The van der Waals surface area contributed by atoms with Crippen LogP contribution in [-0.2, 0) is 6.42 Å². The van der Waals surface area contributed by atoms with Gasteiger partial charge in [0.05, 0.1) is 6.61 Å². The van der Waals surface area contributed by atoms with E-state index in [0.717, 1.165) is 25.1 Å². The second-order valence-corrected chi connectivity index (χ2v) is 5.07. The van der Waals surface area contributed by atoms with E-state index in [9.17, 15) is 0 Å². The molecule has 21 heavy (non-hydrogen) atoms. The summed E-state index contributed by atoms with van der Waals surface area (Å²) in [5.41, 5.74) is 2.59. The largest absolute Gasteiger partial charge is 0.494 e. The normalized spacial score (nSPS) is 12.1. The minimum absolute atomic E-state index is 0.322. The molecule has 0 aliphatic heterocycles. The van der Waals surface area contributed by atoms with Gasteiger partial charge in [-0.3, -0.25) is 4.98 Å². The van der Waals surface area contributed by atoms with Crippen molar-refractivity contribution < 1.29 is 4.74 Å². The first kappa shape index (κ1) is 15.5. The van der Waals surface area contributed by atoms with Gasteiger partial charge < -0.3 is 10.1 Å². The SMILES string of the molecule is CCCNC(Cc1ccncc1)c1ccc(OCC)cc1. The first-order valence-electron chi connectivity index (χ1n) is 7.68. The van der Waals surface area contributed by atoms with Crippen molar-refractivity contribution in [3.63, 3.8) is 0 Å². The number of rotatable bonds is 8. The molecule has 0 radical (unpaired) electrons. The van der Waals surface area contributed by atoms with E-state index in [-0.39, 0.29) is 0 Å². The fourth-order valence-corrected chi connectivity index (χ4v) is 2.34. The maximum atomic E-state index is 5.51. The smallest absolute Gasteiger partial charge is 0.119 e. The summed E-state index contributed by atoms with van der Waals surface area (Å²) in [6, 6.07) is 12.9. The van der Waals surface area contributed by atoms with Crippen molar-refractivity contribution in [2.45, 2.75) is 32.7 Å². The van der Waals surface area contributed by atoms with Gasteiger partial charge in [0.25, 0.3) is 0 Å². The van der Waals surface area contributed by atoms with Crippen molar-refractivity contribution in [3.05, 3.63) is 59.9 Å². The lowest BCUT2D eigenvalue weighted by molar-refractivity contribution is 0.340. The van der Waals surface area contributed by atoms with Gasteiger partial charge in [0.2, 0.25) is 0 Å². The monoisotopic (exact) mass is 284 g/mol. The zero-order valence-corrected chi connectivity index (χ0v) is 12.9. The first-order chi connectivity index (χ1) is 10.3. The van der Waals surface area contributed by atoms with Crippen LogP contribution in [0, 0.1) is 0 Å². The Hall–Kier alpha value is -1.87. The highest BCUT2D eigenvalue weighted by atomic mass is 16.5. The topological polar surface area (TPSA) is 34.2 Å². The summed E-state index contributed by atoms with van der Waals surface area (Å²) in [5.74, 6) is 0.930. The Bertz CT molecular complexity index is 511. The predicted molar refractivity (Wildman–Crippen MR) is 86.6 cm³/mol. The second-order valence-electron chi connectivity index (χ2n) is 5.07. The molecule has 3 nitrogen and oxygen atoms in total. The van der Waals surface area contributed by atoms with Gasteiger partial charge in [-0.15, -0.1) is 0 Å². The molecule has 2 aromatic rings. The van der Waals surface area contributed by atoms with E-state index in [1.165, 1.54) is 11.1 Å². The van der Waals surface area contributed by atoms with Crippen LogP contribution in [0.25, 0.3) is 0 Å². The summed E-state index contributed by atoms with van der Waals surface area (Å²) in [6.45, 7) is 5.91. The first-order valence-corrected chi connectivity index (χ1v) is 7.68. The van der Waals surface area contributed by atoms with Crippen LogP contribution in [0.1, 0.15) is 37.4 Å². The maximum Gasteiger partial charge on any atom is 0.119 e. The molecule has 3 heteroatoms. The fraction of sp³-hybridized carbons (Fsp3) is 0.389. The number of nitrogens with zero attached hydrogens (tertiary/aromatic N) is 1. The van der Waals surface area contributed by atoms with E-state index in [4.69, 9.17) is 4.74 Å². The van der Waals surface area contributed by atoms with Crippen LogP contribution in [0.3, 0.4) is 0 Å². The van der Waals surface area contributed by atoms with Gasteiger partial charge in [-0.05, 0) is 61.7 Å². The summed E-state index contributed by atoms with van der Waals surface area (Å²) >= 11 is 0. The number of nitrogens with one attached hydrogen (secondary N) is 1. The number of aromatic nitrogens is 1. The second kappa shape index (κ2) is 8.42. The molecule has 0 saturated carbocycles. The fourth-order valence-electron chi connectivity index (χ4n) is 2.34. The molecule has 1 atom stereocenters. The molecule has 0 fully saturated rings. The van der Waals surface area contributed by atoms with Crippen LogP contribution in [0.4, 0.5) is 0 Å². The molecule has 0 bridgehead atoms. The molecule has 1 N–H and O–H groups in total. The number of hydrogen-bond acceptors (Lipinski definition) is 3. The molecule has 1 aromatic carbocycles. The molecule has 0 amide bonds. The van der Waals surface area contributed by atoms with Crippen LogP contribution in [0.2, 0.25) is 0 Å². The number of benzene rings is 1. The Morgan fingerprint density at radius 1 is 1.05 bits per heavy atom. The molecule has 1 aromatic heterocycles. The standard InChI is InChI=1S/C18H24N2O/c1-3-11-20-18(14-15-9-12-19-13-10-15)16-5-7-17(8-6-16)21-4-2/h5-10,12-13,18,20H,3-4,11,14H2,1-2H3. The van der Waals surface area contributed by atoms with Gasteiger partial charge in [0.1, 0.15) is 5.75 Å². The van der Waals surface area contributed by atoms with Crippen LogP contribution in [-0.4, -0.2) is 18.1 Å². The zero-order valence-electron chi connectivity index (χ0n) is 12.9. The third kappa shape index (κ3) is 4.87. The van der Waals surface area contributed by atoms with E-state index < -0.39 is 0 Å². The van der Waals surface area contributed by atoms with Gasteiger partial charge >= 0.3 is 0 Å². The summed E-state index contributed by atoms with van der Waals surface area (Å²) in [5, 5.41) is 3.62. The molecule has 1 unspecified atom stereocenters. The third-order valence-corrected chi connectivity index (χ3v) is 3.42. The quantitative estimate of drug-likeness (QED) is 0.801. The van der Waals surface area contributed by atoms with E-state index in [0.29, 0.717) is 12.6 Å². The average molecular weight is 284 g/mol. The predicted octanol–water partition coefficient (Wildman–Crippen LogP) is 3.76. The van der Waals surface area contributed by atoms with Crippen LogP contribution >= 0.6 is 0 Å². The van der Waals surface area contributed by atoms with Gasteiger partial charge in [-0.2, -0.15) is 0 Å². The van der Waals surface area contributed by atoms with Crippen LogP contribution < -0.4 is 10.1 Å². The third-order valence-electron chi connectivity index (χ3n) is 3.42. The Morgan fingerprint density at radius 2 is 1.76 bits per heavy atom. The Morgan fingerprint density at radius 3 is 2.38 bits per heavy atom.